The maximum Gasteiger partial charge on any atom is 0.152 e. The van der Waals surface area contributed by atoms with Crippen molar-refractivity contribution < 1.29 is 4.79 Å². The second kappa shape index (κ2) is 4.91. The summed E-state index contributed by atoms with van der Waals surface area (Å²) in [7, 11) is 0. The molecule has 0 radical (unpaired) electrons. The van der Waals surface area contributed by atoms with Crippen LogP contribution in [-0.4, -0.2) is 29.9 Å². The summed E-state index contributed by atoms with van der Waals surface area (Å²) >= 11 is 2.01. The molecule has 0 bridgehead atoms. The smallest absolute Gasteiger partial charge is 0.152 e. The van der Waals surface area contributed by atoms with Crippen LogP contribution in [0.25, 0.3) is 0 Å². The lowest BCUT2D eigenvalue weighted by molar-refractivity contribution is 0.112. The van der Waals surface area contributed by atoms with Crippen molar-refractivity contribution in [1.29, 1.82) is 0 Å². The second-order valence-electron chi connectivity index (χ2n) is 4.19. The van der Waals surface area contributed by atoms with Crippen molar-refractivity contribution >= 4 is 23.7 Å². The van der Waals surface area contributed by atoms with Crippen molar-refractivity contribution in [2.45, 2.75) is 25.1 Å². The summed E-state index contributed by atoms with van der Waals surface area (Å²) in [5, 5.41) is 0.619. The molecule has 0 amide bonds. The van der Waals surface area contributed by atoms with Crippen LogP contribution in [0.3, 0.4) is 0 Å². The molecular formula is C13H17NOS. The largest absolute Gasteiger partial charge is 0.366 e. The Labute approximate surface area is 101 Å². The van der Waals surface area contributed by atoms with E-state index in [0.29, 0.717) is 11.3 Å². The number of carbonyl (C=O) groups is 1. The first-order valence-electron chi connectivity index (χ1n) is 5.66. The van der Waals surface area contributed by atoms with Gasteiger partial charge in [0.05, 0.1) is 0 Å². The van der Waals surface area contributed by atoms with E-state index in [2.05, 4.69) is 18.7 Å². The fraction of sp³-hybridized carbons (Fsp3) is 0.462. The molecule has 2 unspecified atom stereocenters. The third-order valence-electron chi connectivity index (χ3n) is 3.26. The van der Waals surface area contributed by atoms with Gasteiger partial charge in [-0.05, 0) is 19.1 Å². The van der Waals surface area contributed by atoms with Gasteiger partial charge in [-0.2, -0.15) is 11.8 Å². The highest BCUT2D eigenvalue weighted by atomic mass is 32.2. The van der Waals surface area contributed by atoms with Gasteiger partial charge in [-0.1, -0.05) is 19.1 Å². The molecule has 1 aromatic rings. The molecule has 2 rings (SSSR count). The summed E-state index contributed by atoms with van der Waals surface area (Å²) in [6, 6.07) is 8.34. The fourth-order valence-electron chi connectivity index (χ4n) is 2.12. The molecule has 0 N–H and O–H groups in total. The average Bonchev–Trinajstić information content (AvgIpc) is 2.33. The summed E-state index contributed by atoms with van der Waals surface area (Å²) in [6.45, 7) is 5.52. The Hall–Kier alpha value is -0.960. The average molecular weight is 235 g/mol. The molecule has 1 saturated heterocycles. The summed E-state index contributed by atoms with van der Waals surface area (Å²) in [6.07, 6.45) is 0.953. The Bertz CT molecular complexity index is 380. The van der Waals surface area contributed by atoms with E-state index in [-0.39, 0.29) is 0 Å². The zero-order valence-corrected chi connectivity index (χ0v) is 10.5. The van der Waals surface area contributed by atoms with Crippen molar-refractivity contribution in [1.82, 2.24) is 0 Å². The molecule has 0 aliphatic carbocycles. The number of aldehydes is 1. The van der Waals surface area contributed by atoms with Gasteiger partial charge in [0.1, 0.15) is 0 Å². The van der Waals surface area contributed by atoms with Crippen LogP contribution >= 0.6 is 11.8 Å². The van der Waals surface area contributed by atoms with Gasteiger partial charge in [-0.25, -0.2) is 0 Å². The molecule has 1 aromatic carbocycles. The molecular weight excluding hydrogens is 218 g/mol. The van der Waals surface area contributed by atoms with Gasteiger partial charge in [-0.3, -0.25) is 4.79 Å². The molecule has 86 valence electrons. The number of hydrogen-bond donors (Lipinski definition) is 0. The minimum absolute atomic E-state index is 0.486. The number of benzene rings is 1. The Balaban J connectivity index is 2.31. The number of rotatable bonds is 2. The Morgan fingerprint density at radius 2 is 2.12 bits per heavy atom. The number of hydrogen-bond acceptors (Lipinski definition) is 3. The lowest BCUT2D eigenvalue weighted by atomic mass is 10.1. The normalized spacial score (nSPS) is 25.5. The molecule has 1 heterocycles. The molecule has 2 atom stereocenters. The van der Waals surface area contributed by atoms with Crippen LogP contribution in [0.2, 0.25) is 0 Å². The van der Waals surface area contributed by atoms with E-state index in [4.69, 9.17) is 0 Å². The lowest BCUT2D eigenvalue weighted by Gasteiger charge is -2.39. The van der Waals surface area contributed by atoms with Gasteiger partial charge in [-0.15, -0.1) is 0 Å². The summed E-state index contributed by atoms with van der Waals surface area (Å²) in [4.78, 5) is 13.4. The van der Waals surface area contributed by atoms with Crippen LogP contribution < -0.4 is 4.90 Å². The first-order chi connectivity index (χ1) is 7.74. The van der Waals surface area contributed by atoms with Crippen LogP contribution in [0.15, 0.2) is 24.3 Å². The number of anilines is 1. The van der Waals surface area contributed by atoms with E-state index in [9.17, 15) is 4.79 Å². The SMILES string of the molecule is CC1SCCN(c2ccccc2C=O)C1C. The first kappa shape index (κ1) is 11.5. The van der Waals surface area contributed by atoms with Crippen molar-refractivity contribution in [2.75, 3.05) is 17.2 Å². The Kier molecular flexibility index (Phi) is 3.54. The van der Waals surface area contributed by atoms with Crippen LogP contribution in [0.1, 0.15) is 24.2 Å². The standard InChI is InChI=1S/C13H17NOS/c1-10-11(2)16-8-7-14(10)13-6-4-3-5-12(13)9-15/h3-6,9-11H,7-8H2,1-2H3. The van der Waals surface area contributed by atoms with Gasteiger partial charge in [0.2, 0.25) is 0 Å². The highest BCUT2D eigenvalue weighted by molar-refractivity contribution is 8.00. The van der Waals surface area contributed by atoms with Gasteiger partial charge in [0.25, 0.3) is 0 Å². The first-order valence-corrected chi connectivity index (χ1v) is 6.71. The molecule has 0 spiro atoms. The van der Waals surface area contributed by atoms with E-state index in [1.165, 1.54) is 0 Å². The Morgan fingerprint density at radius 3 is 2.88 bits per heavy atom. The number of para-hydroxylation sites is 1. The van der Waals surface area contributed by atoms with Crippen molar-refractivity contribution in [3.8, 4) is 0 Å². The van der Waals surface area contributed by atoms with E-state index in [0.717, 1.165) is 29.8 Å². The maximum atomic E-state index is 11.0. The lowest BCUT2D eigenvalue weighted by Crippen LogP contribution is -2.45. The number of nitrogens with zero attached hydrogens (tertiary/aromatic N) is 1. The second-order valence-corrected chi connectivity index (χ2v) is 5.67. The predicted octanol–water partition coefficient (Wildman–Crippen LogP) is 2.83. The van der Waals surface area contributed by atoms with E-state index in [1.807, 2.05) is 36.0 Å². The molecule has 0 aromatic heterocycles. The van der Waals surface area contributed by atoms with Gasteiger partial charge in [0, 0.05) is 34.8 Å². The van der Waals surface area contributed by atoms with E-state index in [1.54, 1.807) is 0 Å². The van der Waals surface area contributed by atoms with Crippen molar-refractivity contribution in [3.05, 3.63) is 29.8 Å². The van der Waals surface area contributed by atoms with Gasteiger partial charge in [0.15, 0.2) is 6.29 Å². The van der Waals surface area contributed by atoms with E-state index >= 15 is 0 Å². The van der Waals surface area contributed by atoms with Crippen LogP contribution in [-0.2, 0) is 0 Å². The number of carbonyl (C=O) groups excluding carboxylic acids is 1. The fourth-order valence-corrected chi connectivity index (χ4v) is 3.22. The minimum atomic E-state index is 0.486. The predicted molar refractivity (Wildman–Crippen MR) is 70.6 cm³/mol. The highest BCUT2D eigenvalue weighted by Crippen LogP contribution is 2.30. The highest BCUT2D eigenvalue weighted by Gasteiger charge is 2.26. The summed E-state index contributed by atoms with van der Waals surface area (Å²) < 4.78 is 0. The molecule has 16 heavy (non-hydrogen) atoms. The molecule has 0 saturated carbocycles. The zero-order chi connectivity index (χ0) is 11.5. The van der Waals surface area contributed by atoms with Crippen LogP contribution in [0.4, 0.5) is 5.69 Å². The molecule has 3 heteroatoms. The van der Waals surface area contributed by atoms with Gasteiger partial charge < -0.3 is 4.90 Å². The molecule has 1 fully saturated rings. The molecule has 1 aliphatic heterocycles. The quantitative estimate of drug-likeness (QED) is 0.735. The maximum absolute atomic E-state index is 11.0. The van der Waals surface area contributed by atoms with Gasteiger partial charge >= 0.3 is 0 Å². The Morgan fingerprint density at radius 1 is 1.38 bits per heavy atom. The van der Waals surface area contributed by atoms with Crippen LogP contribution in [0.5, 0.6) is 0 Å². The monoisotopic (exact) mass is 235 g/mol. The zero-order valence-electron chi connectivity index (χ0n) is 9.72. The van der Waals surface area contributed by atoms with Crippen LogP contribution in [0, 0.1) is 0 Å². The summed E-state index contributed by atoms with van der Waals surface area (Å²) in [5.41, 5.74) is 1.88. The molecule has 1 aliphatic rings. The minimum Gasteiger partial charge on any atom is -0.366 e. The topological polar surface area (TPSA) is 20.3 Å². The third kappa shape index (κ3) is 2.09. The molecule has 2 nitrogen and oxygen atoms in total. The van der Waals surface area contributed by atoms with E-state index < -0.39 is 0 Å². The summed E-state index contributed by atoms with van der Waals surface area (Å²) in [5.74, 6) is 1.14. The third-order valence-corrected chi connectivity index (χ3v) is 4.59. The van der Waals surface area contributed by atoms with Crippen molar-refractivity contribution in [3.63, 3.8) is 0 Å². The number of thioether (sulfide) groups is 1. The van der Waals surface area contributed by atoms with Crippen molar-refractivity contribution in [2.24, 2.45) is 0 Å².